The first-order valence-corrected chi connectivity index (χ1v) is 7.01. The molecule has 0 fully saturated rings. The van der Waals surface area contributed by atoms with Crippen molar-refractivity contribution in [3.05, 3.63) is 64.4 Å². The van der Waals surface area contributed by atoms with Gasteiger partial charge in [0, 0.05) is 15.9 Å². The number of rotatable bonds is 3. The van der Waals surface area contributed by atoms with E-state index in [0.717, 1.165) is 10.9 Å². The highest BCUT2D eigenvalue weighted by atomic mass is 79.9. The van der Waals surface area contributed by atoms with Crippen LogP contribution < -0.4 is 5.32 Å². The highest BCUT2D eigenvalue weighted by Crippen LogP contribution is 2.20. The first-order valence-electron chi connectivity index (χ1n) is 5.51. The number of amides is 1. The molecule has 0 spiro atoms. The molecule has 2 aromatic rings. The SMILES string of the molecule is O=C(Nc1cc(Cl)ccc1F)c1ccc(CBr)cc1. The van der Waals surface area contributed by atoms with Crippen LogP contribution in [0.25, 0.3) is 0 Å². The number of hydrogen-bond donors (Lipinski definition) is 1. The number of benzene rings is 2. The molecule has 0 atom stereocenters. The summed E-state index contributed by atoms with van der Waals surface area (Å²) >= 11 is 9.09. The Hall–Kier alpha value is -1.39. The number of carbonyl (C=O) groups is 1. The van der Waals surface area contributed by atoms with Crippen LogP contribution >= 0.6 is 27.5 Å². The lowest BCUT2D eigenvalue weighted by Crippen LogP contribution is -2.12. The zero-order chi connectivity index (χ0) is 13.8. The molecule has 0 saturated carbocycles. The Morgan fingerprint density at radius 3 is 2.53 bits per heavy atom. The third-order valence-electron chi connectivity index (χ3n) is 2.55. The second kappa shape index (κ2) is 6.17. The Morgan fingerprint density at radius 1 is 1.21 bits per heavy atom. The summed E-state index contributed by atoms with van der Waals surface area (Å²) in [5.41, 5.74) is 1.59. The van der Waals surface area contributed by atoms with Gasteiger partial charge in [-0.3, -0.25) is 4.79 Å². The van der Waals surface area contributed by atoms with Gasteiger partial charge in [0.2, 0.25) is 0 Å². The van der Waals surface area contributed by atoms with E-state index in [9.17, 15) is 9.18 Å². The molecule has 0 aromatic heterocycles. The van der Waals surface area contributed by atoms with Gasteiger partial charge >= 0.3 is 0 Å². The van der Waals surface area contributed by atoms with Crippen LogP contribution in [-0.4, -0.2) is 5.91 Å². The highest BCUT2D eigenvalue weighted by molar-refractivity contribution is 9.08. The number of carbonyl (C=O) groups excluding carboxylic acids is 1. The van der Waals surface area contributed by atoms with Gasteiger partial charge in [0.15, 0.2) is 0 Å². The number of nitrogens with one attached hydrogen (secondary N) is 1. The van der Waals surface area contributed by atoms with E-state index in [0.29, 0.717) is 10.6 Å². The zero-order valence-corrected chi connectivity index (χ0v) is 12.1. The maximum atomic E-state index is 13.5. The molecule has 0 aliphatic heterocycles. The minimum absolute atomic E-state index is 0.0714. The molecule has 5 heteroatoms. The van der Waals surface area contributed by atoms with Crippen LogP contribution in [-0.2, 0) is 5.33 Å². The molecular weight excluding hydrogens is 333 g/mol. The van der Waals surface area contributed by atoms with Crippen LogP contribution in [0, 0.1) is 5.82 Å². The van der Waals surface area contributed by atoms with Crippen LogP contribution in [0.1, 0.15) is 15.9 Å². The van der Waals surface area contributed by atoms with Gasteiger partial charge in [-0.2, -0.15) is 0 Å². The Morgan fingerprint density at radius 2 is 1.89 bits per heavy atom. The fourth-order valence-corrected chi connectivity index (χ4v) is 2.08. The quantitative estimate of drug-likeness (QED) is 0.810. The third kappa shape index (κ3) is 3.55. The average molecular weight is 343 g/mol. The Kier molecular flexibility index (Phi) is 4.56. The van der Waals surface area contributed by atoms with Gasteiger partial charge in [0.25, 0.3) is 5.91 Å². The van der Waals surface area contributed by atoms with E-state index < -0.39 is 5.82 Å². The molecule has 1 amide bonds. The molecule has 2 rings (SSSR count). The Labute approximate surface area is 123 Å². The first-order chi connectivity index (χ1) is 9.10. The van der Waals surface area contributed by atoms with E-state index in [1.54, 1.807) is 12.1 Å². The molecule has 0 radical (unpaired) electrons. The van der Waals surface area contributed by atoms with Crippen molar-refractivity contribution in [3.63, 3.8) is 0 Å². The van der Waals surface area contributed by atoms with E-state index in [1.807, 2.05) is 12.1 Å². The number of anilines is 1. The van der Waals surface area contributed by atoms with Crippen LogP contribution in [0.5, 0.6) is 0 Å². The maximum absolute atomic E-state index is 13.5. The fourth-order valence-electron chi connectivity index (χ4n) is 1.53. The Bertz CT molecular complexity index is 601. The molecule has 2 nitrogen and oxygen atoms in total. The molecule has 1 N–H and O–H groups in total. The normalized spacial score (nSPS) is 10.3. The minimum atomic E-state index is -0.519. The van der Waals surface area contributed by atoms with Gasteiger partial charge in [-0.1, -0.05) is 39.7 Å². The van der Waals surface area contributed by atoms with Crippen molar-refractivity contribution in [3.8, 4) is 0 Å². The molecule has 19 heavy (non-hydrogen) atoms. The smallest absolute Gasteiger partial charge is 0.255 e. The van der Waals surface area contributed by atoms with Crippen LogP contribution in [0.4, 0.5) is 10.1 Å². The summed E-state index contributed by atoms with van der Waals surface area (Å²) in [5.74, 6) is -0.892. The van der Waals surface area contributed by atoms with Gasteiger partial charge in [0.05, 0.1) is 5.69 Å². The van der Waals surface area contributed by atoms with E-state index in [1.165, 1.54) is 18.2 Å². The lowest BCUT2D eigenvalue weighted by Gasteiger charge is -2.07. The van der Waals surface area contributed by atoms with Gasteiger partial charge < -0.3 is 5.32 Å². The summed E-state index contributed by atoms with van der Waals surface area (Å²) < 4.78 is 13.5. The van der Waals surface area contributed by atoms with Crippen molar-refractivity contribution in [2.75, 3.05) is 5.32 Å². The second-order valence-electron chi connectivity index (χ2n) is 3.91. The third-order valence-corrected chi connectivity index (χ3v) is 3.43. The van der Waals surface area contributed by atoms with Crippen molar-refractivity contribution in [2.45, 2.75) is 5.33 Å². The lowest BCUT2D eigenvalue weighted by molar-refractivity contribution is 0.102. The number of alkyl halides is 1. The fraction of sp³-hybridized carbons (Fsp3) is 0.0714. The molecule has 2 aromatic carbocycles. The summed E-state index contributed by atoms with van der Waals surface area (Å²) in [7, 11) is 0. The Balaban J connectivity index is 2.18. The molecular formula is C14H10BrClFNO. The second-order valence-corrected chi connectivity index (χ2v) is 4.91. The van der Waals surface area contributed by atoms with E-state index in [2.05, 4.69) is 21.2 Å². The summed E-state index contributed by atoms with van der Waals surface area (Å²) in [5, 5.41) is 3.58. The van der Waals surface area contributed by atoms with E-state index >= 15 is 0 Å². The number of halogens is 3. The average Bonchev–Trinajstić information content (AvgIpc) is 2.43. The van der Waals surface area contributed by atoms with Crippen molar-refractivity contribution < 1.29 is 9.18 Å². The summed E-state index contributed by atoms with van der Waals surface area (Å²) in [6, 6.07) is 11.1. The molecule has 98 valence electrons. The lowest BCUT2D eigenvalue weighted by atomic mass is 10.1. The molecule has 0 saturated heterocycles. The molecule has 0 unspecified atom stereocenters. The van der Waals surface area contributed by atoms with Gasteiger partial charge in [-0.05, 0) is 35.9 Å². The number of hydrogen-bond acceptors (Lipinski definition) is 1. The van der Waals surface area contributed by atoms with Crippen molar-refractivity contribution >= 4 is 39.1 Å². The van der Waals surface area contributed by atoms with Gasteiger partial charge in [-0.15, -0.1) is 0 Å². The summed E-state index contributed by atoms with van der Waals surface area (Å²) in [6.45, 7) is 0. The molecule has 0 aliphatic carbocycles. The predicted molar refractivity (Wildman–Crippen MR) is 78.4 cm³/mol. The van der Waals surface area contributed by atoms with Gasteiger partial charge in [-0.25, -0.2) is 4.39 Å². The first kappa shape index (κ1) is 14.0. The standard InChI is InChI=1S/C14H10BrClFNO/c15-8-9-1-3-10(4-2-9)14(19)18-13-7-11(16)5-6-12(13)17/h1-7H,8H2,(H,18,19). The molecule has 0 heterocycles. The van der Waals surface area contributed by atoms with E-state index in [-0.39, 0.29) is 11.6 Å². The monoisotopic (exact) mass is 341 g/mol. The summed E-state index contributed by atoms with van der Waals surface area (Å²) in [6.07, 6.45) is 0. The maximum Gasteiger partial charge on any atom is 0.255 e. The van der Waals surface area contributed by atoms with Crippen molar-refractivity contribution in [1.29, 1.82) is 0 Å². The zero-order valence-electron chi connectivity index (χ0n) is 9.79. The van der Waals surface area contributed by atoms with Crippen LogP contribution in [0.2, 0.25) is 5.02 Å². The largest absolute Gasteiger partial charge is 0.319 e. The van der Waals surface area contributed by atoms with Crippen LogP contribution in [0.3, 0.4) is 0 Å². The minimum Gasteiger partial charge on any atom is -0.319 e. The van der Waals surface area contributed by atoms with Crippen molar-refractivity contribution in [2.24, 2.45) is 0 Å². The van der Waals surface area contributed by atoms with E-state index in [4.69, 9.17) is 11.6 Å². The predicted octanol–water partition coefficient (Wildman–Crippen LogP) is 4.63. The van der Waals surface area contributed by atoms with Gasteiger partial charge in [0.1, 0.15) is 5.82 Å². The molecule has 0 aliphatic rings. The molecule has 0 bridgehead atoms. The summed E-state index contributed by atoms with van der Waals surface area (Å²) in [4.78, 5) is 11.9. The topological polar surface area (TPSA) is 29.1 Å². The van der Waals surface area contributed by atoms with Crippen LogP contribution in [0.15, 0.2) is 42.5 Å². The van der Waals surface area contributed by atoms with Crippen molar-refractivity contribution in [1.82, 2.24) is 0 Å². The highest BCUT2D eigenvalue weighted by Gasteiger charge is 2.09.